The molecule has 0 radical (unpaired) electrons. The maximum absolute atomic E-state index is 13.6. The predicted octanol–water partition coefficient (Wildman–Crippen LogP) is 6.59. The van der Waals surface area contributed by atoms with Crippen LogP contribution in [0.2, 0.25) is 0 Å². The third-order valence-corrected chi connectivity index (χ3v) is 7.93. The number of piperazine rings is 1. The van der Waals surface area contributed by atoms with E-state index in [9.17, 15) is 22.8 Å². The number of alkyl halides is 3. The van der Waals surface area contributed by atoms with E-state index in [0.29, 0.717) is 39.1 Å². The van der Waals surface area contributed by atoms with Crippen LogP contribution < -0.4 is 0 Å². The van der Waals surface area contributed by atoms with Gasteiger partial charge < -0.3 is 19.0 Å². The van der Waals surface area contributed by atoms with Crippen molar-refractivity contribution in [2.24, 2.45) is 11.8 Å². The van der Waals surface area contributed by atoms with Crippen LogP contribution in [0, 0.1) is 11.8 Å². The summed E-state index contributed by atoms with van der Waals surface area (Å²) < 4.78 is 50.9. The van der Waals surface area contributed by atoms with Crippen LogP contribution in [0.15, 0.2) is 46.9 Å². The van der Waals surface area contributed by atoms with E-state index in [1.807, 2.05) is 56.0 Å². The lowest BCUT2D eigenvalue weighted by molar-refractivity contribution is -0.154. The highest BCUT2D eigenvalue weighted by molar-refractivity contribution is 5.77. The average molecular weight is 578 g/mol. The molecule has 41 heavy (non-hydrogen) atoms. The molecular formula is C31H42F3N3O4. The number of piperidine rings is 1. The van der Waals surface area contributed by atoms with Crippen molar-refractivity contribution in [1.29, 1.82) is 0 Å². The molecule has 2 amide bonds. The number of carbonyl (C=O) groups excluding carboxylic acids is 2. The summed E-state index contributed by atoms with van der Waals surface area (Å²) in [4.78, 5) is 31.8. The van der Waals surface area contributed by atoms with Crippen molar-refractivity contribution in [3.8, 4) is 0 Å². The topological polar surface area (TPSA) is 66.2 Å². The number of likely N-dealkylation sites (tertiary alicyclic amines) is 1. The van der Waals surface area contributed by atoms with Gasteiger partial charge in [-0.3, -0.25) is 9.69 Å². The fourth-order valence-corrected chi connectivity index (χ4v) is 5.80. The highest BCUT2D eigenvalue weighted by Gasteiger charge is 2.40. The molecule has 0 saturated carbocycles. The van der Waals surface area contributed by atoms with Crippen molar-refractivity contribution in [2.45, 2.75) is 77.7 Å². The second-order valence-corrected chi connectivity index (χ2v) is 12.5. The third kappa shape index (κ3) is 7.84. The van der Waals surface area contributed by atoms with Crippen molar-refractivity contribution in [1.82, 2.24) is 14.7 Å². The molecule has 0 bridgehead atoms. The Bertz CT molecular complexity index is 1170. The number of ether oxygens (including phenoxy) is 1. The van der Waals surface area contributed by atoms with E-state index < -0.39 is 23.6 Å². The van der Waals surface area contributed by atoms with E-state index in [4.69, 9.17) is 9.15 Å². The van der Waals surface area contributed by atoms with E-state index in [2.05, 4.69) is 18.7 Å². The maximum Gasteiger partial charge on any atom is 0.449 e. The molecular weight excluding hydrogens is 535 g/mol. The zero-order valence-electron chi connectivity index (χ0n) is 24.6. The maximum atomic E-state index is 13.6. The Balaban J connectivity index is 1.43. The summed E-state index contributed by atoms with van der Waals surface area (Å²) in [6, 6.07) is 11.2. The Hall–Kier alpha value is -3.01. The number of hydrogen-bond donors (Lipinski definition) is 0. The van der Waals surface area contributed by atoms with Gasteiger partial charge >= 0.3 is 12.3 Å². The molecule has 0 N–H and O–H groups in total. The Morgan fingerprint density at radius 1 is 0.976 bits per heavy atom. The molecule has 1 aromatic carbocycles. The molecule has 2 atom stereocenters. The number of benzene rings is 1. The zero-order valence-corrected chi connectivity index (χ0v) is 24.6. The fraction of sp³-hybridized carbons (Fsp3) is 0.613. The number of hydrogen-bond acceptors (Lipinski definition) is 5. The molecule has 0 aliphatic carbocycles. The summed E-state index contributed by atoms with van der Waals surface area (Å²) >= 11 is 0. The lowest BCUT2D eigenvalue weighted by atomic mass is 9.91. The number of rotatable bonds is 6. The Labute approximate surface area is 240 Å². The van der Waals surface area contributed by atoms with Gasteiger partial charge in [-0.2, -0.15) is 13.2 Å². The third-order valence-electron chi connectivity index (χ3n) is 7.93. The van der Waals surface area contributed by atoms with Crippen LogP contribution in [0.25, 0.3) is 0 Å². The van der Waals surface area contributed by atoms with E-state index in [-0.39, 0.29) is 35.6 Å². The van der Waals surface area contributed by atoms with Crippen LogP contribution in [0.3, 0.4) is 0 Å². The molecule has 7 nitrogen and oxygen atoms in total. The lowest BCUT2D eigenvalue weighted by Gasteiger charge is -2.46. The van der Waals surface area contributed by atoms with Crippen molar-refractivity contribution in [2.75, 3.05) is 32.7 Å². The molecule has 10 heteroatoms. The van der Waals surface area contributed by atoms with E-state index in [1.54, 1.807) is 4.90 Å². The SMILES string of the molecule is CC(C)[C@H]1CN(C(c2ccccc2)c2ccc(C(F)(F)F)o2)CCN1C(=O)CC1CCN(C(=O)OC(C)(C)C)CC1. The molecule has 4 rings (SSSR count). The van der Waals surface area contributed by atoms with Crippen LogP contribution in [0.1, 0.15) is 77.0 Å². The van der Waals surface area contributed by atoms with Gasteiger partial charge in [-0.25, -0.2) is 4.79 Å². The Kier molecular flexibility index (Phi) is 9.41. The number of halogens is 3. The lowest BCUT2D eigenvalue weighted by Crippen LogP contribution is -2.58. The van der Waals surface area contributed by atoms with Gasteiger partial charge in [-0.15, -0.1) is 0 Å². The van der Waals surface area contributed by atoms with Gasteiger partial charge in [0.05, 0.1) is 6.04 Å². The zero-order chi connectivity index (χ0) is 29.9. The first-order valence-electron chi connectivity index (χ1n) is 14.5. The number of nitrogens with zero attached hydrogens (tertiary/aromatic N) is 3. The second kappa shape index (κ2) is 12.5. The second-order valence-electron chi connectivity index (χ2n) is 12.5. The van der Waals surface area contributed by atoms with Crippen molar-refractivity contribution in [3.63, 3.8) is 0 Å². The molecule has 1 unspecified atom stereocenters. The summed E-state index contributed by atoms with van der Waals surface area (Å²) in [5.41, 5.74) is 0.296. The largest absolute Gasteiger partial charge is 0.454 e. The Morgan fingerprint density at radius 3 is 2.20 bits per heavy atom. The predicted molar refractivity (Wildman–Crippen MR) is 149 cm³/mol. The summed E-state index contributed by atoms with van der Waals surface area (Å²) in [6.45, 7) is 12.3. The monoisotopic (exact) mass is 577 g/mol. The number of carbonyl (C=O) groups is 2. The summed E-state index contributed by atoms with van der Waals surface area (Å²) in [5, 5.41) is 0. The van der Waals surface area contributed by atoms with Gasteiger partial charge in [-0.1, -0.05) is 44.2 Å². The standard InChI is InChI=1S/C31H42F3N3O4/c1-21(2)24-20-36(28(23-9-7-6-8-10-23)25-11-12-26(40-25)31(32,33)34)17-18-37(24)27(38)19-22-13-15-35(16-14-22)29(39)41-30(3,4)5/h6-12,21-22,24,28H,13-20H2,1-5H3/t24-,28?/m1/s1. The molecule has 0 spiro atoms. The van der Waals surface area contributed by atoms with Gasteiger partial charge in [0, 0.05) is 45.2 Å². The highest BCUT2D eigenvalue weighted by Crippen LogP contribution is 2.37. The van der Waals surface area contributed by atoms with Crippen molar-refractivity contribution < 1.29 is 31.9 Å². The first kappa shape index (κ1) is 30.9. The van der Waals surface area contributed by atoms with Crippen LogP contribution >= 0.6 is 0 Å². The Morgan fingerprint density at radius 2 is 1.63 bits per heavy atom. The smallest absolute Gasteiger partial charge is 0.449 e. The van der Waals surface area contributed by atoms with Crippen molar-refractivity contribution >= 4 is 12.0 Å². The van der Waals surface area contributed by atoms with Crippen LogP contribution in [0.4, 0.5) is 18.0 Å². The first-order chi connectivity index (χ1) is 19.2. The normalized spacial score (nSPS) is 20.4. The van der Waals surface area contributed by atoms with E-state index in [1.165, 1.54) is 6.07 Å². The van der Waals surface area contributed by atoms with Crippen LogP contribution in [-0.4, -0.2) is 71.1 Å². The summed E-state index contributed by atoms with van der Waals surface area (Å²) in [5.74, 6) is -0.349. The van der Waals surface area contributed by atoms with E-state index >= 15 is 0 Å². The minimum Gasteiger partial charge on any atom is -0.454 e. The average Bonchev–Trinajstić information content (AvgIpc) is 3.39. The fourth-order valence-electron chi connectivity index (χ4n) is 5.80. The van der Waals surface area contributed by atoms with Crippen molar-refractivity contribution in [3.05, 3.63) is 59.5 Å². The van der Waals surface area contributed by atoms with Gasteiger partial charge in [0.15, 0.2) is 0 Å². The molecule has 2 aromatic rings. The number of amides is 2. The summed E-state index contributed by atoms with van der Waals surface area (Å²) in [6.07, 6.45) is -2.97. The molecule has 1 aromatic heterocycles. The first-order valence-corrected chi connectivity index (χ1v) is 14.5. The molecule has 2 fully saturated rings. The van der Waals surface area contributed by atoms with Gasteiger partial charge in [-0.05, 0) is 63.1 Å². The van der Waals surface area contributed by atoms with Gasteiger partial charge in [0.25, 0.3) is 0 Å². The molecule has 3 heterocycles. The molecule has 2 aliphatic rings. The van der Waals surface area contributed by atoms with Gasteiger partial charge in [0.2, 0.25) is 11.7 Å². The van der Waals surface area contributed by atoms with E-state index in [0.717, 1.165) is 24.5 Å². The van der Waals surface area contributed by atoms with Crippen LogP contribution in [-0.2, 0) is 15.7 Å². The minimum atomic E-state index is -4.56. The summed E-state index contributed by atoms with van der Waals surface area (Å²) in [7, 11) is 0. The quantitative estimate of drug-likeness (QED) is 0.387. The molecule has 2 aliphatic heterocycles. The molecule has 2 saturated heterocycles. The minimum absolute atomic E-state index is 0.0904. The number of furan rings is 1. The van der Waals surface area contributed by atoms with Crippen LogP contribution in [0.5, 0.6) is 0 Å². The highest BCUT2D eigenvalue weighted by atomic mass is 19.4. The molecule has 226 valence electrons. The van der Waals surface area contributed by atoms with Gasteiger partial charge in [0.1, 0.15) is 11.4 Å².